The predicted octanol–water partition coefficient (Wildman–Crippen LogP) is 0.387. The van der Waals surface area contributed by atoms with Crippen LogP contribution >= 0.6 is 0 Å². The first-order valence-electron chi connectivity index (χ1n) is 3.29. The molecule has 1 rings (SSSR count). The highest BCUT2D eigenvalue weighted by Crippen LogP contribution is 2.23. The van der Waals surface area contributed by atoms with Crippen LogP contribution in [-0.2, 0) is 17.5 Å². The zero-order valence-electron chi connectivity index (χ0n) is 6.38. The SMILES string of the molecule is NC(=O)Cc1nccn1C(F)(F)F. The van der Waals surface area contributed by atoms with Gasteiger partial charge in [0, 0.05) is 12.4 Å². The fraction of sp³-hybridized carbons (Fsp3) is 0.333. The number of imidazole rings is 1. The molecule has 0 aliphatic heterocycles. The number of carbonyl (C=O) groups is 1. The molecular weight excluding hydrogens is 187 g/mol. The van der Waals surface area contributed by atoms with Crippen LogP contribution in [0, 0.1) is 0 Å². The second kappa shape index (κ2) is 3.08. The van der Waals surface area contributed by atoms with Crippen LogP contribution in [0.2, 0.25) is 0 Å². The van der Waals surface area contributed by atoms with E-state index >= 15 is 0 Å². The number of amides is 1. The Hall–Kier alpha value is -1.53. The first kappa shape index (κ1) is 9.56. The molecule has 0 aromatic carbocycles. The average molecular weight is 193 g/mol. The molecule has 1 aromatic rings. The highest BCUT2D eigenvalue weighted by Gasteiger charge is 2.32. The van der Waals surface area contributed by atoms with Crippen molar-refractivity contribution in [3.8, 4) is 0 Å². The second-order valence-electron chi connectivity index (χ2n) is 2.32. The third kappa shape index (κ3) is 2.20. The van der Waals surface area contributed by atoms with E-state index in [4.69, 9.17) is 5.73 Å². The average Bonchev–Trinajstić information content (AvgIpc) is 2.31. The Morgan fingerprint density at radius 3 is 2.69 bits per heavy atom. The molecule has 0 aliphatic carbocycles. The van der Waals surface area contributed by atoms with Gasteiger partial charge in [-0.3, -0.25) is 4.79 Å². The number of hydrogen-bond acceptors (Lipinski definition) is 2. The number of hydrogen-bond donors (Lipinski definition) is 1. The van der Waals surface area contributed by atoms with E-state index in [1.165, 1.54) is 0 Å². The Bertz CT molecular complexity index is 317. The summed E-state index contributed by atoms with van der Waals surface area (Å²) in [4.78, 5) is 13.7. The Labute approximate surface area is 71.2 Å². The van der Waals surface area contributed by atoms with Crippen molar-refractivity contribution in [2.24, 2.45) is 5.73 Å². The minimum atomic E-state index is -4.55. The van der Waals surface area contributed by atoms with Crippen LogP contribution < -0.4 is 5.73 Å². The summed E-state index contributed by atoms with van der Waals surface area (Å²) >= 11 is 0. The molecule has 1 heterocycles. The van der Waals surface area contributed by atoms with Crippen LogP contribution in [0.3, 0.4) is 0 Å². The van der Waals surface area contributed by atoms with Gasteiger partial charge in [-0.15, -0.1) is 13.2 Å². The van der Waals surface area contributed by atoms with Gasteiger partial charge in [-0.1, -0.05) is 0 Å². The van der Waals surface area contributed by atoms with E-state index in [9.17, 15) is 18.0 Å². The van der Waals surface area contributed by atoms with Gasteiger partial charge in [-0.05, 0) is 0 Å². The Balaban J connectivity index is 2.96. The summed E-state index contributed by atoms with van der Waals surface area (Å²) in [5, 5.41) is 0. The highest BCUT2D eigenvalue weighted by atomic mass is 19.4. The van der Waals surface area contributed by atoms with Gasteiger partial charge in [0.25, 0.3) is 0 Å². The summed E-state index contributed by atoms with van der Waals surface area (Å²) in [6, 6.07) is 0. The fourth-order valence-corrected chi connectivity index (χ4v) is 0.852. The van der Waals surface area contributed by atoms with E-state index in [0.29, 0.717) is 0 Å². The van der Waals surface area contributed by atoms with E-state index in [1.54, 1.807) is 0 Å². The van der Waals surface area contributed by atoms with Gasteiger partial charge in [0.2, 0.25) is 5.91 Å². The Morgan fingerprint density at radius 2 is 2.23 bits per heavy atom. The van der Waals surface area contributed by atoms with E-state index in [1.807, 2.05) is 0 Å². The van der Waals surface area contributed by atoms with Crippen molar-refractivity contribution < 1.29 is 18.0 Å². The number of nitrogens with zero attached hydrogens (tertiary/aromatic N) is 2. The molecule has 0 radical (unpaired) electrons. The van der Waals surface area contributed by atoms with E-state index < -0.39 is 24.5 Å². The van der Waals surface area contributed by atoms with Gasteiger partial charge in [0.05, 0.1) is 6.42 Å². The fourth-order valence-electron chi connectivity index (χ4n) is 0.852. The molecule has 0 fully saturated rings. The molecule has 13 heavy (non-hydrogen) atoms. The molecule has 0 saturated heterocycles. The van der Waals surface area contributed by atoms with Gasteiger partial charge in [-0.2, -0.15) is 0 Å². The summed E-state index contributed by atoms with van der Waals surface area (Å²) in [5.41, 5.74) is 4.74. The zero-order valence-corrected chi connectivity index (χ0v) is 6.38. The second-order valence-corrected chi connectivity index (χ2v) is 2.32. The largest absolute Gasteiger partial charge is 0.489 e. The summed E-state index contributed by atoms with van der Waals surface area (Å²) < 4.78 is 36.3. The van der Waals surface area contributed by atoms with Crippen LogP contribution in [0.1, 0.15) is 5.82 Å². The summed E-state index contributed by atoms with van der Waals surface area (Å²) in [6.45, 7) is 0. The lowest BCUT2D eigenvalue weighted by Gasteiger charge is -2.09. The number of aromatic nitrogens is 2. The predicted molar refractivity (Wildman–Crippen MR) is 36.4 cm³/mol. The lowest BCUT2D eigenvalue weighted by molar-refractivity contribution is -0.205. The molecule has 1 amide bonds. The van der Waals surface area contributed by atoms with Crippen molar-refractivity contribution in [3.63, 3.8) is 0 Å². The number of alkyl halides is 3. The summed E-state index contributed by atoms with van der Waals surface area (Å²) in [5.74, 6) is -1.25. The third-order valence-corrected chi connectivity index (χ3v) is 1.32. The van der Waals surface area contributed by atoms with Crippen LogP contribution in [0.5, 0.6) is 0 Å². The minimum absolute atomic E-state index is 0.0439. The minimum Gasteiger partial charge on any atom is -0.369 e. The van der Waals surface area contributed by atoms with Gasteiger partial charge in [-0.25, -0.2) is 9.55 Å². The lowest BCUT2D eigenvalue weighted by Crippen LogP contribution is -2.23. The van der Waals surface area contributed by atoms with Crippen LogP contribution in [0.15, 0.2) is 12.4 Å². The van der Waals surface area contributed by atoms with Crippen molar-refractivity contribution in [1.82, 2.24) is 9.55 Å². The molecule has 7 heteroatoms. The maximum absolute atomic E-state index is 12.1. The standard InChI is InChI=1S/C6H6F3N3O/c7-6(8,9)12-2-1-11-5(12)3-4(10)13/h1-2H,3H2,(H2,10,13). The van der Waals surface area contributed by atoms with E-state index in [0.717, 1.165) is 12.4 Å². The summed E-state index contributed by atoms with van der Waals surface area (Å²) in [6.07, 6.45) is -3.38. The Kier molecular flexibility index (Phi) is 2.26. The van der Waals surface area contributed by atoms with Crippen molar-refractivity contribution in [2.45, 2.75) is 12.7 Å². The molecule has 0 bridgehead atoms. The molecular formula is C6H6F3N3O. The van der Waals surface area contributed by atoms with Crippen LogP contribution in [0.4, 0.5) is 13.2 Å². The molecule has 0 aliphatic rings. The molecule has 1 aromatic heterocycles. The maximum atomic E-state index is 12.1. The molecule has 0 spiro atoms. The monoisotopic (exact) mass is 193 g/mol. The first-order valence-corrected chi connectivity index (χ1v) is 3.29. The van der Waals surface area contributed by atoms with Gasteiger partial charge in [0.15, 0.2) is 0 Å². The zero-order chi connectivity index (χ0) is 10.1. The Morgan fingerprint density at radius 1 is 1.62 bits per heavy atom. The topological polar surface area (TPSA) is 60.9 Å². The molecule has 2 N–H and O–H groups in total. The number of primary amides is 1. The normalized spacial score (nSPS) is 11.6. The number of halogens is 3. The molecule has 0 saturated carbocycles. The number of rotatable bonds is 2. The number of carbonyl (C=O) groups excluding carboxylic acids is 1. The first-order chi connectivity index (χ1) is 5.91. The molecule has 72 valence electrons. The van der Waals surface area contributed by atoms with Gasteiger partial charge in [0.1, 0.15) is 5.82 Å². The smallest absolute Gasteiger partial charge is 0.369 e. The van der Waals surface area contributed by atoms with Crippen molar-refractivity contribution >= 4 is 5.91 Å². The van der Waals surface area contributed by atoms with Crippen molar-refractivity contribution in [3.05, 3.63) is 18.2 Å². The van der Waals surface area contributed by atoms with Crippen LogP contribution in [-0.4, -0.2) is 15.5 Å². The van der Waals surface area contributed by atoms with Crippen molar-refractivity contribution in [1.29, 1.82) is 0 Å². The van der Waals surface area contributed by atoms with Crippen molar-refractivity contribution in [2.75, 3.05) is 0 Å². The van der Waals surface area contributed by atoms with E-state index in [-0.39, 0.29) is 4.57 Å². The highest BCUT2D eigenvalue weighted by molar-refractivity contribution is 5.75. The molecule has 0 atom stereocenters. The lowest BCUT2D eigenvalue weighted by atomic mass is 10.4. The number of nitrogens with two attached hydrogens (primary N) is 1. The van der Waals surface area contributed by atoms with Crippen LogP contribution in [0.25, 0.3) is 0 Å². The molecule has 0 unspecified atom stereocenters. The van der Waals surface area contributed by atoms with E-state index in [2.05, 4.69) is 4.98 Å². The summed E-state index contributed by atoms with van der Waals surface area (Å²) in [7, 11) is 0. The third-order valence-electron chi connectivity index (χ3n) is 1.32. The molecule has 4 nitrogen and oxygen atoms in total. The quantitative estimate of drug-likeness (QED) is 0.738. The van der Waals surface area contributed by atoms with Gasteiger partial charge >= 0.3 is 6.30 Å². The van der Waals surface area contributed by atoms with Gasteiger partial charge < -0.3 is 5.73 Å². The maximum Gasteiger partial charge on any atom is 0.489 e.